The third-order valence-electron chi connectivity index (χ3n) is 3.99. The molecule has 0 unspecified atom stereocenters. The molecule has 0 fully saturated rings. The molecule has 0 atom stereocenters. The highest BCUT2D eigenvalue weighted by molar-refractivity contribution is 7.88. The molecule has 8 nitrogen and oxygen atoms in total. The Hall–Kier alpha value is -2.91. The van der Waals surface area contributed by atoms with E-state index in [0.717, 1.165) is 6.26 Å². The van der Waals surface area contributed by atoms with E-state index in [-0.39, 0.29) is 5.91 Å². The molecule has 2 aromatic carbocycles. The van der Waals surface area contributed by atoms with E-state index in [4.69, 9.17) is 10.5 Å². The summed E-state index contributed by atoms with van der Waals surface area (Å²) in [5.74, 6) is 0.319. The van der Waals surface area contributed by atoms with Gasteiger partial charge in [-0.05, 0) is 55.0 Å². The average molecular weight is 405 g/mol. The van der Waals surface area contributed by atoms with E-state index in [2.05, 4.69) is 5.32 Å². The maximum absolute atomic E-state index is 12.1. The maximum atomic E-state index is 12.1. The van der Waals surface area contributed by atoms with E-state index in [1.807, 2.05) is 0 Å². The fourth-order valence-electron chi connectivity index (χ4n) is 2.27. The number of sulfonamides is 1. The molecular weight excluding hydrogens is 382 g/mol. The van der Waals surface area contributed by atoms with Gasteiger partial charge >= 0.3 is 0 Å². The van der Waals surface area contributed by atoms with Gasteiger partial charge in [0.15, 0.2) is 0 Å². The first-order valence-electron chi connectivity index (χ1n) is 8.54. The molecule has 0 aromatic heterocycles. The van der Waals surface area contributed by atoms with Gasteiger partial charge < -0.3 is 15.8 Å². The van der Waals surface area contributed by atoms with Crippen LogP contribution < -0.4 is 15.8 Å². The Morgan fingerprint density at radius 2 is 1.50 bits per heavy atom. The van der Waals surface area contributed by atoms with Gasteiger partial charge in [0, 0.05) is 31.3 Å². The van der Waals surface area contributed by atoms with Crippen molar-refractivity contribution in [2.45, 2.75) is 6.42 Å². The molecule has 0 aliphatic rings. The minimum absolute atomic E-state index is 0.251. The van der Waals surface area contributed by atoms with Crippen molar-refractivity contribution in [1.82, 2.24) is 9.62 Å². The lowest BCUT2D eigenvalue weighted by Gasteiger charge is -2.14. The number of hydrogen-bond donors (Lipinski definition) is 2. The van der Waals surface area contributed by atoms with Gasteiger partial charge in [0.1, 0.15) is 11.5 Å². The molecule has 2 aromatic rings. The summed E-state index contributed by atoms with van der Waals surface area (Å²) >= 11 is 0. The molecule has 150 valence electrons. The van der Waals surface area contributed by atoms with Crippen molar-refractivity contribution in [1.29, 1.82) is 0 Å². The van der Waals surface area contributed by atoms with Crippen molar-refractivity contribution in [2.75, 3.05) is 26.4 Å². The zero-order valence-electron chi connectivity index (χ0n) is 15.7. The van der Waals surface area contributed by atoms with Gasteiger partial charge in [0.2, 0.25) is 15.9 Å². The van der Waals surface area contributed by atoms with Crippen LogP contribution in [0.25, 0.3) is 0 Å². The molecule has 2 rings (SSSR count). The predicted octanol–water partition coefficient (Wildman–Crippen LogP) is 1.59. The first-order chi connectivity index (χ1) is 13.2. The summed E-state index contributed by atoms with van der Waals surface area (Å²) in [5, 5.41) is 2.75. The Kier molecular flexibility index (Phi) is 7.13. The highest BCUT2D eigenvalue weighted by atomic mass is 32.2. The fourth-order valence-corrected chi connectivity index (χ4v) is 2.73. The van der Waals surface area contributed by atoms with E-state index < -0.39 is 15.9 Å². The number of hydrogen-bond acceptors (Lipinski definition) is 5. The lowest BCUT2D eigenvalue weighted by molar-refractivity contribution is 0.0951. The summed E-state index contributed by atoms with van der Waals surface area (Å²) < 4.78 is 29.5. The summed E-state index contributed by atoms with van der Waals surface area (Å²) in [6, 6.07) is 13.0. The number of nitrogens with two attached hydrogens (primary N) is 1. The third kappa shape index (κ3) is 6.36. The van der Waals surface area contributed by atoms with Gasteiger partial charge in [-0.15, -0.1) is 0 Å². The number of carbonyl (C=O) groups is 2. The second-order valence-electron chi connectivity index (χ2n) is 6.21. The van der Waals surface area contributed by atoms with Crippen molar-refractivity contribution in [3.05, 3.63) is 59.7 Å². The Morgan fingerprint density at radius 3 is 1.96 bits per heavy atom. The number of primary amides is 1. The Balaban J connectivity index is 1.84. The van der Waals surface area contributed by atoms with E-state index in [1.54, 1.807) is 48.5 Å². The van der Waals surface area contributed by atoms with Crippen LogP contribution in [0.15, 0.2) is 48.5 Å². The van der Waals surface area contributed by atoms with Crippen molar-refractivity contribution in [3.63, 3.8) is 0 Å². The summed E-state index contributed by atoms with van der Waals surface area (Å²) in [5.41, 5.74) is 6.05. The van der Waals surface area contributed by atoms with Crippen LogP contribution in [0.5, 0.6) is 11.5 Å². The van der Waals surface area contributed by atoms with Crippen LogP contribution in [0.3, 0.4) is 0 Å². The van der Waals surface area contributed by atoms with Crippen LogP contribution in [0.1, 0.15) is 27.1 Å². The third-order valence-corrected chi connectivity index (χ3v) is 5.31. The minimum atomic E-state index is -3.21. The number of rotatable bonds is 9. The van der Waals surface area contributed by atoms with Crippen LogP contribution in [-0.2, 0) is 10.0 Å². The van der Waals surface area contributed by atoms with Crippen LogP contribution in [0, 0.1) is 0 Å². The number of amides is 2. The number of ether oxygens (including phenoxy) is 1. The highest BCUT2D eigenvalue weighted by Crippen LogP contribution is 2.22. The molecule has 0 spiro atoms. The van der Waals surface area contributed by atoms with Crippen LogP contribution in [0.2, 0.25) is 0 Å². The van der Waals surface area contributed by atoms with Gasteiger partial charge in [0.05, 0.1) is 6.26 Å². The van der Waals surface area contributed by atoms with Gasteiger partial charge in [-0.25, -0.2) is 12.7 Å². The Bertz CT molecular complexity index is 925. The van der Waals surface area contributed by atoms with Gasteiger partial charge in [-0.3, -0.25) is 9.59 Å². The minimum Gasteiger partial charge on any atom is -0.457 e. The molecule has 0 bridgehead atoms. The fraction of sp³-hybridized carbons (Fsp3) is 0.263. The van der Waals surface area contributed by atoms with Crippen LogP contribution >= 0.6 is 0 Å². The van der Waals surface area contributed by atoms with Crippen LogP contribution in [0.4, 0.5) is 0 Å². The van der Waals surface area contributed by atoms with Crippen molar-refractivity contribution >= 4 is 21.8 Å². The largest absolute Gasteiger partial charge is 0.457 e. The summed E-state index contributed by atoms with van der Waals surface area (Å²) in [6.07, 6.45) is 1.65. The summed E-state index contributed by atoms with van der Waals surface area (Å²) in [7, 11) is -1.71. The number of nitrogens with one attached hydrogen (secondary N) is 1. The molecule has 2 amide bonds. The quantitative estimate of drug-likeness (QED) is 0.614. The Morgan fingerprint density at radius 1 is 1.00 bits per heavy atom. The molecule has 0 aliphatic heterocycles. The SMILES string of the molecule is CN(CCCNC(=O)c1ccc(Oc2ccc(C(N)=O)cc2)cc1)S(C)(=O)=O. The molecule has 0 saturated heterocycles. The molecule has 3 N–H and O–H groups in total. The number of benzene rings is 2. The van der Waals surface area contributed by atoms with E-state index >= 15 is 0 Å². The number of nitrogens with zero attached hydrogens (tertiary/aromatic N) is 1. The standard InChI is InChI=1S/C19H23N3O5S/c1-22(28(2,25)26)13-3-12-21-19(24)15-6-10-17(11-7-15)27-16-8-4-14(5-9-16)18(20)23/h4-11H,3,12-13H2,1-2H3,(H2,20,23)(H,21,24). The van der Waals surface area contributed by atoms with Crippen molar-refractivity contribution < 1.29 is 22.7 Å². The molecule has 28 heavy (non-hydrogen) atoms. The second-order valence-corrected chi connectivity index (χ2v) is 8.30. The molecular formula is C19H23N3O5S. The maximum Gasteiger partial charge on any atom is 0.251 e. The summed E-state index contributed by atoms with van der Waals surface area (Å²) in [6.45, 7) is 0.698. The zero-order valence-corrected chi connectivity index (χ0v) is 16.5. The van der Waals surface area contributed by atoms with E-state index in [9.17, 15) is 18.0 Å². The summed E-state index contributed by atoms with van der Waals surface area (Å²) in [4.78, 5) is 23.2. The number of carbonyl (C=O) groups excluding carboxylic acids is 2. The van der Waals surface area contributed by atoms with E-state index in [0.29, 0.717) is 42.1 Å². The van der Waals surface area contributed by atoms with Crippen molar-refractivity contribution in [2.24, 2.45) is 5.73 Å². The average Bonchev–Trinajstić information content (AvgIpc) is 2.65. The highest BCUT2D eigenvalue weighted by Gasteiger charge is 2.10. The van der Waals surface area contributed by atoms with Gasteiger partial charge in [-0.1, -0.05) is 0 Å². The van der Waals surface area contributed by atoms with Gasteiger partial charge in [0.25, 0.3) is 5.91 Å². The molecule has 0 saturated carbocycles. The van der Waals surface area contributed by atoms with E-state index in [1.165, 1.54) is 11.4 Å². The topological polar surface area (TPSA) is 119 Å². The van der Waals surface area contributed by atoms with Gasteiger partial charge in [-0.2, -0.15) is 0 Å². The first-order valence-corrected chi connectivity index (χ1v) is 10.4. The lowest BCUT2D eigenvalue weighted by atomic mass is 10.2. The molecule has 0 aliphatic carbocycles. The normalized spacial score (nSPS) is 11.2. The molecule has 0 radical (unpaired) electrons. The Labute approximate surface area is 164 Å². The van der Waals surface area contributed by atoms with Crippen LogP contribution in [-0.4, -0.2) is 50.9 Å². The predicted molar refractivity (Wildman–Crippen MR) is 106 cm³/mol. The second kappa shape index (κ2) is 9.34. The zero-order chi connectivity index (χ0) is 20.7. The first kappa shape index (κ1) is 21.4. The van der Waals surface area contributed by atoms with Crippen molar-refractivity contribution in [3.8, 4) is 11.5 Å². The molecule has 9 heteroatoms. The lowest BCUT2D eigenvalue weighted by Crippen LogP contribution is -2.30. The monoisotopic (exact) mass is 405 g/mol. The molecule has 0 heterocycles. The smallest absolute Gasteiger partial charge is 0.251 e.